The number of likely N-dealkylation sites (N-methyl/N-ethyl adjacent to an activating group) is 2. The highest BCUT2D eigenvalue weighted by Crippen LogP contribution is 2.47. The summed E-state index contributed by atoms with van der Waals surface area (Å²) in [6.07, 6.45) is 1.67. The van der Waals surface area contributed by atoms with Crippen molar-refractivity contribution in [2.24, 2.45) is 5.92 Å². The molecule has 1 unspecified atom stereocenters. The van der Waals surface area contributed by atoms with Crippen LogP contribution >= 0.6 is 0 Å². The van der Waals surface area contributed by atoms with Crippen LogP contribution in [0.1, 0.15) is 24.5 Å². The van der Waals surface area contributed by atoms with E-state index in [1.807, 2.05) is 41.3 Å². The molecule has 1 aliphatic heterocycles. The first-order valence-corrected chi connectivity index (χ1v) is 10.7. The van der Waals surface area contributed by atoms with E-state index in [9.17, 15) is 9.59 Å². The molecule has 0 spiro atoms. The van der Waals surface area contributed by atoms with E-state index in [0.717, 1.165) is 43.5 Å². The summed E-state index contributed by atoms with van der Waals surface area (Å²) in [5.41, 5.74) is 1.48. The molecule has 2 aromatic carbocycles. The van der Waals surface area contributed by atoms with Crippen molar-refractivity contribution in [1.82, 2.24) is 9.80 Å². The fourth-order valence-corrected chi connectivity index (χ4v) is 4.62. The van der Waals surface area contributed by atoms with Gasteiger partial charge >= 0.3 is 0 Å². The van der Waals surface area contributed by atoms with Gasteiger partial charge in [-0.05, 0) is 38.1 Å². The van der Waals surface area contributed by atoms with Crippen LogP contribution in [-0.4, -0.2) is 68.4 Å². The molecule has 1 amide bonds. The van der Waals surface area contributed by atoms with E-state index in [0.29, 0.717) is 13.2 Å². The molecule has 1 heterocycles. The SMILES string of the molecule is CCN1CC(CCN(C)CCOCC=O)C(c2ccccc2)(c2ccccc2)C1=O. The quantitative estimate of drug-likeness (QED) is 0.424. The topological polar surface area (TPSA) is 49.9 Å². The van der Waals surface area contributed by atoms with Gasteiger partial charge < -0.3 is 19.3 Å². The van der Waals surface area contributed by atoms with Crippen molar-refractivity contribution in [3.05, 3.63) is 71.8 Å². The number of hydrogen-bond donors (Lipinski definition) is 0. The molecule has 0 aromatic heterocycles. The molecule has 0 bridgehead atoms. The molecule has 160 valence electrons. The smallest absolute Gasteiger partial charge is 0.238 e. The van der Waals surface area contributed by atoms with Crippen LogP contribution in [0.2, 0.25) is 0 Å². The van der Waals surface area contributed by atoms with Gasteiger partial charge in [0.15, 0.2) is 0 Å². The predicted octanol–water partition coefficient (Wildman–Crippen LogP) is 2.99. The molecular formula is C25H32N2O3. The Balaban J connectivity index is 1.89. The molecule has 1 saturated heterocycles. The molecular weight excluding hydrogens is 376 g/mol. The first-order valence-electron chi connectivity index (χ1n) is 10.7. The Bertz CT molecular complexity index is 770. The molecule has 5 heteroatoms. The third kappa shape index (κ3) is 4.47. The van der Waals surface area contributed by atoms with Crippen LogP contribution in [0.3, 0.4) is 0 Å². The minimum atomic E-state index is -0.659. The fourth-order valence-electron chi connectivity index (χ4n) is 4.62. The maximum Gasteiger partial charge on any atom is 0.238 e. The maximum atomic E-state index is 13.8. The van der Waals surface area contributed by atoms with E-state index in [1.165, 1.54) is 0 Å². The maximum absolute atomic E-state index is 13.8. The zero-order valence-electron chi connectivity index (χ0n) is 18.0. The Morgan fingerprint density at radius 2 is 1.67 bits per heavy atom. The van der Waals surface area contributed by atoms with Gasteiger partial charge in [-0.25, -0.2) is 0 Å². The third-order valence-corrected chi connectivity index (χ3v) is 6.18. The van der Waals surface area contributed by atoms with E-state index >= 15 is 0 Å². The highest BCUT2D eigenvalue weighted by atomic mass is 16.5. The van der Waals surface area contributed by atoms with E-state index in [2.05, 4.69) is 43.1 Å². The third-order valence-electron chi connectivity index (χ3n) is 6.18. The highest BCUT2D eigenvalue weighted by molar-refractivity contribution is 5.94. The lowest BCUT2D eigenvalue weighted by Gasteiger charge is -2.35. The second kappa shape index (κ2) is 10.5. The van der Waals surface area contributed by atoms with Gasteiger partial charge in [-0.2, -0.15) is 0 Å². The summed E-state index contributed by atoms with van der Waals surface area (Å²) >= 11 is 0. The fraction of sp³-hybridized carbons (Fsp3) is 0.440. The van der Waals surface area contributed by atoms with Crippen LogP contribution in [0.4, 0.5) is 0 Å². The zero-order chi connectivity index (χ0) is 21.4. The van der Waals surface area contributed by atoms with Crippen molar-refractivity contribution in [2.45, 2.75) is 18.8 Å². The van der Waals surface area contributed by atoms with Gasteiger partial charge in [-0.15, -0.1) is 0 Å². The van der Waals surface area contributed by atoms with Gasteiger partial charge in [0.25, 0.3) is 0 Å². The molecule has 0 N–H and O–H groups in total. The Hall–Kier alpha value is -2.50. The monoisotopic (exact) mass is 408 g/mol. The summed E-state index contributed by atoms with van der Waals surface area (Å²) in [6.45, 7) is 5.82. The molecule has 0 radical (unpaired) electrons. The average molecular weight is 409 g/mol. The van der Waals surface area contributed by atoms with E-state index < -0.39 is 5.41 Å². The summed E-state index contributed by atoms with van der Waals surface area (Å²) in [7, 11) is 2.06. The molecule has 1 fully saturated rings. The second-order valence-corrected chi connectivity index (χ2v) is 7.91. The number of aldehydes is 1. The molecule has 1 aliphatic rings. The standard InChI is InChI=1S/C25H32N2O3/c1-3-27-20-23(14-15-26(2)16-18-30-19-17-28)25(24(27)29,21-10-6-4-7-11-21)22-12-8-5-9-13-22/h4-13,17,23H,3,14-16,18-20H2,1-2H3. The number of carbonyl (C=O) groups excluding carboxylic acids is 2. The zero-order valence-corrected chi connectivity index (χ0v) is 18.0. The van der Waals surface area contributed by atoms with Crippen molar-refractivity contribution in [2.75, 3.05) is 46.4 Å². The first-order chi connectivity index (χ1) is 14.6. The summed E-state index contributed by atoms with van der Waals surface area (Å²) in [6, 6.07) is 20.5. The van der Waals surface area contributed by atoms with Crippen molar-refractivity contribution in [3.8, 4) is 0 Å². The van der Waals surface area contributed by atoms with E-state index in [1.54, 1.807) is 0 Å². The lowest BCUT2D eigenvalue weighted by Crippen LogP contribution is -2.42. The van der Waals surface area contributed by atoms with Gasteiger partial charge in [-0.3, -0.25) is 4.79 Å². The van der Waals surface area contributed by atoms with Gasteiger partial charge in [0.1, 0.15) is 18.3 Å². The number of likely N-dealkylation sites (tertiary alicyclic amines) is 1. The Morgan fingerprint density at radius 3 is 2.20 bits per heavy atom. The molecule has 0 aliphatic carbocycles. The molecule has 3 rings (SSSR count). The number of benzene rings is 2. The number of hydrogen-bond acceptors (Lipinski definition) is 4. The van der Waals surface area contributed by atoms with E-state index in [-0.39, 0.29) is 18.4 Å². The number of carbonyl (C=O) groups is 2. The molecule has 30 heavy (non-hydrogen) atoms. The van der Waals surface area contributed by atoms with Gasteiger partial charge in [0, 0.05) is 25.6 Å². The average Bonchev–Trinajstić information content (AvgIpc) is 3.08. The lowest BCUT2D eigenvalue weighted by atomic mass is 9.66. The van der Waals surface area contributed by atoms with Crippen LogP contribution in [0.25, 0.3) is 0 Å². The second-order valence-electron chi connectivity index (χ2n) is 7.91. The largest absolute Gasteiger partial charge is 0.373 e. The predicted molar refractivity (Wildman–Crippen MR) is 118 cm³/mol. The normalized spacial score (nSPS) is 18.2. The highest BCUT2D eigenvalue weighted by Gasteiger charge is 2.55. The number of amides is 1. The van der Waals surface area contributed by atoms with Crippen LogP contribution in [-0.2, 0) is 19.7 Å². The Labute approximate surface area is 179 Å². The van der Waals surface area contributed by atoms with Crippen LogP contribution in [0, 0.1) is 5.92 Å². The van der Waals surface area contributed by atoms with Crippen molar-refractivity contribution < 1.29 is 14.3 Å². The summed E-state index contributed by atoms with van der Waals surface area (Å²) < 4.78 is 5.28. The number of nitrogens with zero attached hydrogens (tertiary/aromatic N) is 2. The lowest BCUT2D eigenvalue weighted by molar-refractivity contribution is -0.131. The number of rotatable bonds is 11. The molecule has 2 aromatic rings. The molecule has 5 nitrogen and oxygen atoms in total. The summed E-state index contributed by atoms with van der Waals surface area (Å²) in [5, 5.41) is 0. The van der Waals surface area contributed by atoms with Crippen molar-refractivity contribution in [3.63, 3.8) is 0 Å². The van der Waals surface area contributed by atoms with Crippen LogP contribution < -0.4 is 0 Å². The first kappa shape index (κ1) is 22.2. The Morgan fingerprint density at radius 1 is 1.07 bits per heavy atom. The van der Waals surface area contributed by atoms with Crippen LogP contribution in [0.5, 0.6) is 0 Å². The van der Waals surface area contributed by atoms with Gasteiger partial charge in [-0.1, -0.05) is 60.7 Å². The van der Waals surface area contributed by atoms with Crippen molar-refractivity contribution in [1.29, 1.82) is 0 Å². The van der Waals surface area contributed by atoms with Gasteiger partial charge in [0.2, 0.25) is 5.91 Å². The minimum absolute atomic E-state index is 0.140. The number of ether oxygens (including phenoxy) is 1. The van der Waals surface area contributed by atoms with Gasteiger partial charge in [0.05, 0.1) is 6.61 Å². The minimum Gasteiger partial charge on any atom is -0.373 e. The summed E-state index contributed by atoms with van der Waals surface area (Å²) in [5.74, 6) is 0.373. The summed E-state index contributed by atoms with van der Waals surface area (Å²) in [4.78, 5) is 28.4. The van der Waals surface area contributed by atoms with Crippen LogP contribution in [0.15, 0.2) is 60.7 Å². The molecule has 0 saturated carbocycles. The van der Waals surface area contributed by atoms with E-state index in [4.69, 9.17) is 4.74 Å². The molecule has 1 atom stereocenters. The van der Waals surface area contributed by atoms with Crippen molar-refractivity contribution >= 4 is 12.2 Å². The Kier molecular flexibility index (Phi) is 7.77.